The predicted octanol–water partition coefficient (Wildman–Crippen LogP) is 2.92. The maximum Gasteiger partial charge on any atom is 0.250 e. The monoisotopic (exact) mass is 298 g/mol. The number of benzene rings is 2. The number of aromatic hydroxyl groups is 1. The molecule has 0 aliphatic heterocycles. The van der Waals surface area contributed by atoms with Crippen LogP contribution in [0.2, 0.25) is 0 Å². The Morgan fingerprint density at radius 2 is 1.71 bits per heavy atom. The molecule has 3 N–H and O–H groups in total. The first kappa shape index (κ1) is 14.7. The van der Waals surface area contributed by atoms with Crippen LogP contribution in [-0.2, 0) is 4.79 Å². The van der Waals surface area contributed by atoms with Crippen molar-refractivity contribution in [3.05, 3.63) is 66.2 Å². The number of carbonyl (C=O) groups is 1. The number of amides is 1. The van der Waals surface area contributed by atoms with Crippen LogP contribution in [0.4, 0.5) is 5.69 Å². The van der Waals surface area contributed by atoms with E-state index in [9.17, 15) is 9.90 Å². The van der Waals surface area contributed by atoms with Crippen molar-refractivity contribution in [2.45, 2.75) is 0 Å². The van der Waals surface area contributed by atoms with Gasteiger partial charge in [-0.3, -0.25) is 10.1 Å². The number of hydrogen-bond acceptors (Lipinski definition) is 3. The highest BCUT2D eigenvalue weighted by atomic mass is 32.1. The molecule has 0 fully saturated rings. The van der Waals surface area contributed by atoms with Gasteiger partial charge in [0.15, 0.2) is 5.11 Å². The van der Waals surface area contributed by atoms with Crippen LogP contribution < -0.4 is 10.6 Å². The van der Waals surface area contributed by atoms with Gasteiger partial charge in [-0.05, 0) is 48.1 Å². The van der Waals surface area contributed by atoms with E-state index in [1.807, 2.05) is 30.3 Å². The largest absolute Gasteiger partial charge is 0.508 e. The van der Waals surface area contributed by atoms with E-state index >= 15 is 0 Å². The van der Waals surface area contributed by atoms with Crippen molar-refractivity contribution in [3.8, 4) is 5.75 Å². The minimum Gasteiger partial charge on any atom is -0.508 e. The van der Waals surface area contributed by atoms with Gasteiger partial charge in [0.25, 0.3) is 0 Å². The Bertz CT molecular complexity index is 652. The van der Waals surface area contributed by atoms with Gasteiger partial charge in [-0.1, -0.05) is 30.3 Å². The highest BCUT2D eigenvalue weighted by Gasteiger charge is 2.01. The molecule has 0 bridgehead atoms. The van der Waals surface area contributed by atoms with Gasteiger partial charge in [0, 0.05) is 11.8 Å². The van der Waals surface area contributed by atoms with Crippen molar-refractivity contribution in [3.63, 3.8) is 0 Å². The van der Waals surface area contributed by atoms with Crippen LogP contribution in [0.3, 0.4) is 0 Å². The van der Waals surface area contributed by atoms with Gasteiger partial charge in [-0.15, -0.1) is 0 Å². The summed E-state index contributed by atoms with van der Waals surface area (Å²) in [5, 5.41) is 14.8. The summed E-state index contributed by atoms with van der Waals surface area (Å²) in [6, 6.07) is 15.9. The summed E-state index contributed by atoms with van der Waals surface area (Å²) in [4.78, 5) is 11.7. The molecule has 4 nitrogen and oxygen atoms in total. The zero-order chi connectivity index (χ0) is 15.1. The lowest BCUT2D eigenvalue weighted by Gasteiger charge is -2.07. The van der Waals surface area contributed by atoms with Gasteiger partial charge < -0.3 is 10.4 Å². The van der Waals surface area contributed by atoms with Gasteiger partial charge in [0.2, 0.25) is 5.91 Å². The summed E-state index contributed by atoms with van der Waals surface area (Å²) in [5.74, 6) is -0.142. The summed E-state index contributed by atoms with van der Waals surface area (Å²) in [6.07, 6.45) is 3.12. The number of thiocarbonyl (C=S) groups is 1. The van der Waals surface area contributed by atoms with Crippen molar-refractivity contribution in [1.29, 1.82) is 0 Å². The molecular weight excluding hydrogens is 284 g/mol. The van der Waals surface area contributed by atoms with E-state index in [1.54, 1.807) is 18.2 Å². The van der Waals surface area contributed by atoms with Gasteiger partial charge >= 0.3 is 0 Å². The molecule has 0 saturated carbocycles. The van der Waals surface area contributed by atoms with Crippen LogP contribution in [-0.4, -0.2) is 16.1 Å². The highest BCUT2D eigenvalue weighted by molar-refractivity contribution is 7.80. The number of phenols is 1. The van der Waals surface area contributed by atoms with Crippen molar-refractivity contribution < 1.29 is 9.90 Å². The first-order valence-electron chi connectivity index (χ1n) is 6.27. The normalized spacial score (nSPS) is 10.3. The second kappa shape index (κ2) is 7.21. The molecule has 0 unspecified atom stereocenters. The van der Waals surface area contributed by atoms with Crippen LogP contribution in [0, 0.1) is 0 Å². The lowest BCUT2D eigenvalue weighted by Crippen LogP contribution is -2.32. The fourth-order valence-electron chi connectivity index (χ4n) is 1.60. The lowest BCUT2D eigenvalue weighted by atomic mass is 10.2. The fourth-order valence-corrected chi connectivity index (χ4v) is 1.82. The average Bonchev–Trinajstić information content (AvgIpc) is 2.48. The minimum absolute atomic E-state index is 0.168. The zero-order valence-electron chi connectivity index (χ0n) is 11.1. The van der Waals surface area contributed by atoms with Crippen LogP contribution in [0.25, 0.3) is 6.08 Å². The predicted molar refractivity (Wildman–Crippen MR) is 87.9 cm³/mol. The summed E-state index contributed by atoms with van der Waals surface area (Å²) in [6.45, 7) is 0. The molecule has 0 heterocycles. The number of hydrogen-bond donors (Lipinski definition) is 3. The van der Waals surface area contributed by atoms with Crippen molar-refractivity contribution >= 4 is 35.0 Å². The SMILES string of the molecule is O=C(C=Cc1ccccc1)NC(=S)Nc1ccc(O)cc1. The third kappa shape index (κ3) is 5.08. The number of nitrogens with one attached hydrogen (secondary N) is 2. The second-order valence-electron chi connectivity index (χ2n) is 4.23. The number of anilines is 1. The molecule has 0 aliphatic carbocycles. The molecule has 106 valence electrons. The maximum absolute atomic E-state index is 11.7. The molecule has 21 heavy (non-hydrogen) atoms. The van der Waals surface area contributed by atoms with E-state index in [0.29, 0.717) is 5.69 Å². The second-order valence-corrected chi connectivity index (χ2v) is 4.64. The zero-order valence-corrected chi connectivity index (χ0v) is 11.9. The summed E-state index contributed by atoms with van der Waals surface area (Å²) < 4.78 is 0. The Morgan fingerprint density at radius 3 is 2.38 bits per heavy atom. The van der Waals surface area contributed by atoms with Crippen LogP contribution in [0.15, 0.2) is 60.7 Å². The Balaban J connectivity index is 1.86. The molecule has 5 heteroatoms. The number of phenolic OH excluding ortho intramolecular Hbond substituents is 1. The van der Waals surface area contributed by atoms with Crippen LogP contribution in [0.1, 0.15) is 5.56 Å². The fraction of sp³-hybridized carbons (Fsp3) is 0. The minimum atomic E-state index is -0.310. The molecule has 0 spiro atoms. The van der Waals surface area contributed by atoms with Crippen LogP contribution in [0.5, 0.6) is 5.75 Å². The topological polar surface area (TPSA) is 61.4 Å². The molecular formula is C16H14N2O2S. The Labute approximate surface area is 128 Å². The van der Waals surface area contributed by atoms with Gasteiger partial charge in [0.05, 0.1) is 0 Å². The van der Waals surface area contributed by atoms with E-state index in [1.165, 1.54) is 18.2 Å². The Hall–Kier alpha value is -2.66. The smallest absolute Gasteiger partial charge is 0.250 e. The molecule has 0 aromatic heterocycles. The van der Waals surface area contributed by atoms with Gasteiger partial charge in [-0.2, -0.15) is 0 Å². The van der Waals surface area contributed by atoms with Crippen molar-refractivity contribution in [2.24, 2.45) is 0 Å². The highest BCUT2D eigenvalue weighted by Crippen LogP contribution is 2.13. The Kier molecular flexibility index (Phi) is 5.06. The average molecular weight is 298 g/mol. The van der Waals surface area contributed by atoms with E-state index < -0.39 is 0 Å². The molecule has 2 rings (SSSR count). The summed E-state index contributed by atoms with van der Waals surface area (Å²) >= 11 is 5.04. The van der Waals surface area contributed by atoms with Crippen LogP contribution >= 0.6 is 12.2 Å². The standard InChI is InChI=1S/C16H14N2O2S/c19-14-9-7-13(8-10-14)17-16(21)18-15(20)11-6-12-4-2-1-3-5-12/h1-11,19H,(H2,17,18,20,21). The summed E-state index contributed by atoms with van der Waals surface area (Å²) in [5.41, 5.74) is 1.62. The van der Waals surface area contributed by atoms with E-state index in [-0.39, 0.29) is 16.8 Å². The third-order valence-corrected chi connectivity index (χ3v) is 2.79. The maximum atomic E-state index is 11.7. The van der Waals surface area contributed by atoms with Crippen molar-refractivity contribution in [2.75, 3.05) is 5.32 Å². The van der Waals surface area contributed by atoms with Crippen molar-refractivity contribution in [1.82, 2.24) is 5.32 Å². The molecule has 2 aromatic carbocycles. The lowest BCUT2D eigenvalue weighted by molar-refractivity contribution is -0.115. The first-order chi connectivity index (χ1) is 10.1. The van der Waals surface area contributed by atoms with E-state index in [0.717, 1.165) is 5.56 Å². The van der Waals surface area contributed by atoms with E-state index in [4.69, 9.17) is 12.2 Å². The Morgan fingerprint density at radius 1 is 1.05 bits per heavy atom. The molecule has 0 saturated heterocycles. The quantitative estimate of drug-likeness (QED) is 0.463. The molecule has 0 atom stereocenters. The van der Waals surface area contributed by atoms with Gasteiger partial charge in [0.1, 0.15) is 5.75 Å². The molecule has 2 aromatic rings. The summed E-state index contributed by atoms with van der Waals surface area (Å²) in [7, 11) is 0. The molecule has 1 amide bonds. The van der Waals surface area contributed by atoms with E-state index in [2.05, 4.69) is 10.6 Å². The molecule has 0 aliphatic rings. The number of carbonyl (C=O) groups excluding carboxylic acids is 1. The van der Waals surface area contributed by atoms with Gasteiger partial charge in [-0.25, -0.2) is 0 Å². The third-order valence-electron chi connectivity index (χ3n) is 2.59. The first-order valence-corrected chi connectivity index (χ1v) is 6.68. The number of rotatable bonds is 3. The molecule has 0 radical (unpaired) electrons.